The Morgan fingerprint density at radius 3 is 2.71 bits per heavy atom. The molecular weight excluding hydrogens is 424 g/mol. The molecular formula is C21H19ClN4O5. The number of halogens is 1. The first-order valence-corrected chi connectivity index (χ1v) is 9.99. The molecule has 2 unspecified atom stereocenters. The topological polar surface area (TPSA) is 128 Å². The lowest BCUT2D eigenvalue weighted by molar-refractivity contribution is -0.139. The van der Waals surface area contributed by atoms with Gasteiger partial charge in [-0.05, 0) is 30.2 Å². The van der Waals surface area contributed by atoms with E-state index in [0.717, 1.165) is 4.90 Å². The van der Waals surface area contributed by atoms with Crippen molar-refractivity contribution in [3.8, 4) is 0 Å². The number of nitrogens with one attached hydrogen (secondary N) is 3. The summed E-state index contributed by atoms with van der Waals surface area (Å²) in [6, 6.07) is 10.3. The first-order chi connectivity index (χ1) is 14.8. The first kappa shape index (κ1) is 20.8. The lowest BCUT2D eigenvalue weighted by Crippen LogP contribution is -2.53. The van der Waals surface area contributed by atoms with E-state index in [1.807, 2.05) is 0 Å². The molecule has 2 heterocycles. The third-order valence-electron chi connectivity index (χ3n) is 5.25. The van der Waals surface area contributed by atoms with Crippen molar-refractivity contribution in [1.82, 2.24) is 15.5 Å². The van der Waals surface area contributed by atoms with Crippen molar-refractivity contribution < 1.29 is 24.3 Å². The summed E-state index contributed by atoms with van der Waals surface area (Å²) in [5.74, 6) is -1.50. The van der Waals surface area contributed by atoms with E-state index in [9.17, 15) is 24.3 Å². The average Bonchev–Trinajstić information content (AvgIpc) is 2.98. The summed E-state index contributed by atoms with van der Waals surface area (Å²) in [6.07, 6.45) is -1.03. The van der Waals surface area contributed by atoms with Crippen LogP contribution in [0.5, 0.6) is 0 Å². The largest absolute Gasteiger partial charge is 0.369 e. The van der Waals surface area contributed by atoms with Crippen LogP contribution in [-0.2, 0) is 16.1 Å². The number of rotatable bonds is 4. The van der Waals surface area contributed by atoms with Crippen LogP contribution in [-0.4, -0.2) is 39.8 Å². The smallest absolute Gasteiger partial charge is 0.319 e. The second kappa shape index (κ2) is 8.37. The van der Waals surface area contributed by atoms with Crippen molar-refractivity contribution in [2.45, 2.75) is 31.7 Å². The Morgan fingerprint density at radius 1 is 1.19 bits per heavy atom. The molecule has 0 bridgehead atoms. The highest BCUT2D eigenvalue weighted by Gasteiger charge is 2.44. The zero-order chi connectivity index (χ0) is 22.1. The molecule has 0 radical (unpaired) electrons. The molecule has 2 atom stereocenters. The summed E-state index contributed by atoms with van der Waals surface area (Å²) in [5, 5.41) is 18.5. The molecule has 160 valence electrons. The molecule has 2 aromatic rings. The monoisotopic (exact) mass is 442 g/mol. The Kier molecular flexibility index (Phi) is 5.62. The number of urea groups is 1. The molecule has 10 heteroatoms. The Balaban J connectivity index is 1.44. The van der Waals surface area contributed by atoms with Gasteiger partial charge in [0.2, 0.25) is 11.8 Å². The van der Waals surface area contributed by atoms with E-state index in [1.54, 1.807) is 42.5 Å². The highest BCUT2D eigenvalue weighted by atomic mass is 35.5. The second-order valence-electron chi connectivity index (χ2n) is 7.26. The number of piperidine rings is 1. The quantitative estimate of drug-likeness (QED) is 0.538. The maximum Gasteiger partial charge on any atom is 0.319 e. The molecule has 1 saturated heterocycles. The Morgan fingerprint density at radius 2 is 1.97 bits per heavy atom. The minimum atomic E-state index is -1.28. The molecule has 2 aromatic carbocycles. The van der Waals surface area contributed by atoms with Gasteiger partial charge >= 0.3 is 6.03 Å². The molecule has 9 nitrogen and oxygen atoms in total. The highest BCUT2D eigenvalue weighted by molar-refractivity contribution is 6.33. The van der Waals surface area contributed by atoms with Crippen LogP contribution in [0.15, 0.2) is 42.5 Å². The van der Waals surface area contributed by atoms with Gasteiger partial charge in [-0.2, -0.15) is 0 Å². The number of nitrogens with zero attached hydrogens (tertiary/aromatic N) is 1. The van der Waals surface area contributed by atoms with Gasteiger partial charge in [-0.25, -0.2) is 4.79 Å². The van der Waals surface area contributed by atoms with Gasteiger partial charge in [-0.15, -0.1) is 0 Å². The summed E-state index contributed by atoms with van der Waals surface area (Å²) in [4.78, 5) is 49.6. The van der Waals surface area contributed by atoms with Crippen LogP contribution in [0.3, 0.4) is 0 Å². The van der Waals surface area contributed by atoms with Gasteiger partial charge in [0.15, 0.2) is 6.23 Å². The van der Waals surface area contributed by atoms with Crippen LogP contribution in [0.4, 0.5) is 10.5 Å². The Hall–Kier alpha value is -3.43. The summed E-state index contributed by atoms with van der Waals surface area (Å²) >= 11 is 6.02. The lowest BCUT2D eigenvalue weighted by atomic mass is 10.0. The van der Waals surface area contributed by atoms with Gasteiger partial charge in [-0.1, -0.05) is 35.9 Å². The van der Waals surface area contributed by atoms with Crippen molar-refractivity contribution in [3.05, 3.63) is 64.2 Å². The predicted molar refractivity (Wildman–Crippen MR) is 111 cm³/mol. The zero-order valence-corrected chi connectivity index (χ0v) is 17.0. The van der Waals surface area contributed by atoms with Crippen LogP contribution < -0.4 is 16.0 Å². The summed E-state index contributed by atoms with van der Waals surface area (Å²) in [6.45, 7) is 0.130. The Bertz CT molecular complexity index is 1090. The van der Waals surface area contributed by atoms with E-state index >= 15 is 0 Å². The maximum atomic E-state index is 12.9. The van der Waals surface area contributed by atoms with E-state index in [4.69, 9.17) is 11.6 Å². The molecule has 31 heavy (non-hydrogen) atoms. The fraction of sp³-hybridized carbons (Fsp3) is 0.238. The summed E-state index contributed by atoms with van der Waals surface area (Å²) < 4.78 is 0. The van der Waals surface area contributed by atoms with Crippen molar-refractivity contribution >= 4 is 41.0 Å². The van der Waals surface area contributed by atoms with Crippen LogP contribution >= 0.6 is 11.6 Å². The molecule has 0 spiro atoms. The Labute approximate surface area is 182 Å². The number of imide groups is 1. The summed E-state index contributed by atoms with van der Waals surface area (Å²) in [5.41, 5.74) is 1.73. The second-order valence-corrected chi connectivity index (χ2v) is 7.67. The first-order valence-electron chi connectivity index (χ1n) is 9.62. The summed E-state index contributed by atoms with van der Waals surface area (Å²) in [7, 11) is 0. The van der Waals surface area contributed by atoms with Crippen molar-refractivity contribution in [3.63, 3.8) is 0 Å². The molecule has 5 amide bonds. The van der Waals surface area contributed by atoms with E-state index in [2.05, 4.69) is 16.0 Å². The number of aliphatic hydroxyl groups is 1. The van der Waals surface area contributed by atoms with Gasteiger partial charge in [0.25, 0.3) is 5.91 Å². The zero-order valence-electron chi connectivity index (χ0n) is 16.2. The van der Waals surface area contributed by atoms with E-state index in [-0.39, 0.29) is 24.9 Å². The van der Waals surface area contributed by atoms with Crippen molar-refractivity contribution in [2.24, 2.45) is 0 Å². The standard InChI is InChI=1S/C21H19ClN4O5/c22-14-3-1-2-4-15(14)24-21(31)23-10-11-5-6-12-13(9-11)20(30)26(19(12)29)16-7-8-17(27)25-18(16)28/h1-6,9,16,19,29H,7-8,10H2,(H2,23,24,31)(H,25,27,28). The number of fused-ring (bicyclic) bond motifs is 1. The molecule has 1 fully saturated rings. The lowest BCUT2D eigenvalue weighted by Gasteiger charge is -2.31. The molecule has 4 rings (SSSR count). The number of hydrogen-bond donors (Lipinski definition) is 4. The molecule has 4 N–H and O–H groups in total. The van der Waals surface area contributed by atoms with Gasteiger partial charge < -0.3 is 15.7 Å². The number of amides is 5. The maximum absolute atomic E-state index is 12.9. The molecule has 0 aliphatic carbocycles. The molecule has 2 aliphatic rings. The average molecular weight is 443 g/mol. The minimum Gasteiger partial charge on any atom is -0.369 e. The number of para-hydroxylation sites is 1. The normalized spacial score (nSPS) is 20.3. The highest BCUT2D eigenvalue weighted by Crippen LogP contribution is 2.35. The number of hydrogen-bond acceptors (Lipinski definition) is 5. The third-order valence-corrected chi connectivity index (χ3v) is 5.57. The van der Waals surface area contributed by atoms with Crippen molar-refractivity contribution in [1.29, 1.82) is 0 Å². The van der Waals surface area contributed by atoms with Crippen LogP contribution in [0.2, 0.25) is 5.02 Å². The van der Waals surface area contributed by atoms with Crippen molar-refractivity contribution in [2.75, 3.05) is 5.32 Å². The van der Waals surface area contributed by atoms with E-state index < -0.39 is 36.0 Å². The molecule has 0 saturated carbocycles. The fourth-order valence-corrected chi connectivity index (χ4v) is 3.88. The number of anilines is 1. The molecule has 0 aromatic heterocycles. The molecule has 2 aliphatic heterocycles. The number of carbonyl (C=O) groups excluding carboxylic acids is 4. The number of benzene rings is 2. The number of aliphatic hydroxyl groups excluding tert-OH is 1. The van der Waals surface area contributed by atoms with Gasteiger partial charge in [0.05, 0.1) is 10.7 Å². The fourth-order valence-electron chi connectivity index (χ4n) is 3.69. The van der Waals surface area contributed by atoms with Crippen LogP contribution in [0.1, 0.15) is 40.6 Å². The minimum absolute atomic E-state index is 0.0962. The van der Waals surface area contributed by atoms with E-state index in [1.165, 1.54) is 0 Å². The number of carbonyl (C=O) groups is 4. The SMILES string of the molecule is O=C1CCC(N2C(=O)c3cc(CNC(=O)Nc4ccccc4Cl)ccc3C2O)C(=O)N1. The van der Waals surface area contributed by atoms with Crippen LogP contribution in [0.25, 0.3) is 0 Å². The van der Waals surface area contributed by atoms with Crippen LogP contribution in [0, 0.1) is 0 Å². The van der Waals surface area contributed by atoms with Gasteiger partial charge in [0.1, 0.15) is 6.04 Å². The van der Waals surface area contributed by atoms with Gasteiger partial charge in [0, 0.05) is 24.1 Å². The predicted octanol–water partition coefficient (Wildman–Crippen LogP) is 1.91. The van der Waals surface area contributed by atoms with Gasteiger partial charge in [-0.3, -0.25) is 24.6 Å². The third kappa shape index (κ3) is 4.10. The van der Waals surface area contributed by atoms with E-state index in [0.29, 0.717) is 21.8 Å².